The lowest BCUT2D eigenvalue weighted by molar-refractivity contribution is 0.0730. The highest BCUT2D eigenvalue weighted by molar-refractivity contribution is 7.89. The van der Waals surface area contributed by atoms with E-state index in [1.165, 1.54) is 16.4 Å². The summed E-state index contributed by atoms with van der Waals surface area (Å²) in [6.45, 7) is 3.90. The highest BCUT2D eigenvalue weighted by atomic mass is 35.5. The van der Waals surface area contributed by atoms with Crippen LogP contribution in [-0.2, 0) is 14.8 Å². The second kappa shape index (κ2) is 6.09. The summed E-state index contributed by atoms with van der Waals surface area (Å²) >= 11 is 6.02. The fraction of sp³-hybridized carbons (Fsp3) is 0.500. The molecule has 0 bridgehead atoms. The van der Waals surface area contributed by atoms with E-state index in [0.29, 0.717) is 43.7 Å². The van der Waals surface area contributed by atoms with Gasteiger partial charge in [0.15, 0.2) is 0 Å². The van der Waals surface area contributed by atoms with Crippen molar-refractivity contribution in [2.75, 3.05) is 32.9 Å². The number of nitrogens with zero attached hydrogens (tertiary/aromatic N) is 1. The molecule has 19 heavy (non-hydrogen) atoms. The average molecular weight is 306 g/mol. The Morgan fingerprint density at radius 3 is 2.63 bits per heavy atom. The quantitative estimate of drug-likeness (QED) is 0.850. The average Bonchev–Trinajstić information content (AvgIpc) is 2.42. The number of ether oxygens (including phenoxy) is 2. The van der Waals surface area contributed by atoms with Crippen molar-refractivity contribution in [3.8, 4) is 5.75 Å². The summed E-state index contributed by atoms with van der Waals surface area (Å²) in [5.74, 6) is 0.491. The van der Waals surface area contributed by atoms with Crippen molar-refractivity contribution in [2.45, 2.75) is 11.8 Å². The summed E-state index contributed by atoms with van der Waals surface area (Å²) in [6, 6.07) is 4.53. The van der Waals surface area contributed by atoms with Gasteiger partial charge in [-0.25, -0.2) is 8.42 Å². The first kappa shape index (κ1) is 14.6. The molecule has 1 aromatic carbocycles. The second-order valence-corrected chi connectivity index (χ2v) is 6.39. The van der Waals surface area contributed by atoms with Crippen LogP contribution < -0.4 is 4.74 Å². The molecule has 1 aromatic rings. The Labute approximate surface area is 118 Å². The van der Waals surface area contributed by atoms with E-state index in [2.05, 4.69) is 0 Å². The molecule has 2 rings (SSSR count). The molecule has 0 aliphatic carbocycles. The first-order valence-electron chi connectivity index (χ1n) is 6.06. The number of hydrogen-bond acceptors (Lipinski definition) is 4. The van der Waals surface area contributed by atoms with E-state index in [-0.39, 0.29) is 4.90 Å². The van der Waals surface area contributed by atoms with Gasteiger partial charge < -0.3 is 9.47 Å². The van der Waals surface area contributed by atoms with Crippen LogP contribution >= 0.6 is 11.6 Å². The van der Waals surface area contributed by atoms with Crippen molar-refractivity contribution in [2.24, 2.45) is 0 Å². The van der Waals surface area contributed by atoms with Crippen LogP contribution in [0.3, 0.4) is 0 Å². The zero-order valence-corrected chi connectivity index (χ0v) is 12.2. The molecule has 106 valence electrons. The monoisotopic (exact) mass is 305 g/mol. The number of rotatable bonds is 4. The van der Waals surface area contributed by atoms with Gasteiger partial charge in [0.1, 0.15) is 5.75 Å². The minimum atomic E-state index is -3.50. The molecule has 0 aromatic heterocycles. The first-order chi connectivity index (χ1) is 9.05. The van der Waals surface area contributed by atoms with E-state index in [1.807, 2.05) is 6.92 Å². The van der Waals surface area contributed by atoms with E-state index in [1.54, 1.807) is 6.07 Å². The molecular weight excluding hydrogens is 290 g/mol. The number of hydrogen-bond donors (Lipinski definition) is 0. The maximum absolute atomic E-state index is 12.4. The van der Waals surface area contributed by atoms with Crippen molar-refractivity contribution in [1.29, 1.82) is 0 Å². The lowest BCUT2D eigenvalue weighted by atomic mass is 10.3. The van der Waals surface area contributed by atoms with Crippen molar-refractivity contribution < 1.29 is 17.9 Å². The molecule has 1 fully saturated rings. The summed E-state index contributed by atoms with van der Waals surface area (Å²) in [6.07, 6.45) is 0. The molecule has 0 atom stereocenters. The number of benzene rings is 1. The number of morpholine rings is 1. The van der Waals surface area contributed by atoms with Crippen LogP contribution in [0.1, 0.15) is 6.92 Å². The van der Waals surface area contributed by atoms with Crippen LogP contribution in [0.15, 0.2) is 23.1 Å². The second-order valence-electron chi connectivity index (χ2n) is 4.04. The van der Waals surface area contributed by atoms with Crippen molar-refractivity contribution in [1.82, 2.24) is 4.31 Å². The SMILES string of the molecule is CCOc1ccc(S(=O)(=O)N2CCOCC2)cc1Cl. The van der Waals surface area contributed by atoms with Crippen LogP contribution in [0.2, 0.25) is 5.02 Å². The number of sulfonamides is 1. The van der Waals surface area contributed by atoms with Gasteiger partial charge in [-0.2, -0.15) is 4.31 Å². The van der Waals surface area contributed by atoms with Gasteiger partial charge in [-0.1, -0.05) is 11.6 Å². The van der Waals surface area contributed by atoms with Gasteiger partial charge in [0, 0.05) is 13.1 Å². The smallest absolute Gasteiger partial charge is 0.243 e. The maximum atomic E-state index is 12.4. The molecule has 0 N–H and O–H groups in total. The summed E-state index contributed by atoms with van der Waals surface area (Å²) in [5.41, 5.74) is 0. The van der Waals surface area contributed by atoms with E-state index in [0.717, 1.165) is 0 Å². The third-order valence-corrected chi connectivity index (χ3v) is 5.00. The van der Waals surface area contributed by atoms with Crippen molar-refractivity contribution in [3.63, 3.8) is 0 Å². The van der Waals surface area contributed by atoms with Crippen LogP contribution in [0.5, 0.6) is 5.75 Å². The summed E-state index contributed by atoms with van der Waals surface area (Å²) in [5, 5.41) is 0.302. The van der Waals surface area contributed by atoms with Crippen LogP contribution in [-0.4, -0.2) is 45.6 Å². The van der Waals surface area contributed by atoms with Crippen LogP contribution in [0.4, 0.5) is 0 Å². The van der Waals surface area contributed by atoms with Crippen molar-refractivity contribution in [3.05, 3.63) is 23.2 Å². The highest BCUT2D eigenvalue weighted by Crippen LogP contribution is 2.28. The van der Waals surface area contributed by atoms with Crippen molar-refractivity contribution >= 4 is 21.6 Å². The predicted octanol–water partition coefficient (Wildman–Crippen LogP) is 1.76. The van der Waals surface area contributed by atoms with Crippen LogP contribution in [0.25, 0.3) is 0 Å². The Balaban J connectivity index is 2.27. The Kier molecular flexibility index (Phi) is 4.67. The minimum absolute atomic E-state index is 0.183. The van der Waals surface area contributed by atoms with E-state index in [9.17, 15) is 8.42 Å². The van der Waals surface area contributed by atoms with E-state index in [4.69, 9.17) is 21.1 Å². The molecular formula is C12H16ClNO4S. The largest absolute Gasteiger partial charge is 0.492 e. The first-order valence-corrected chi connectivity index (χ1v) is 7.87. The fourth-order valence-corrected chi connectivity index (χ4v) is 3.59. The Morgan fingerprint density at radius 2 is 2.05 bits per heavy atom. The molecule has 0 spiro atoms. The molecule has 5 nitrogen and oxygen atoms in total. The standard InChI is InChI=1S/C12H16ClNO4S/c1-2-18-12-4-3-10(9-11(12)13)19(15,16)14-5-7-17-8-6-14/h3-4,9H,2,5-8H2,1H3. The van der Waals surface area contributed by atoms with Gasteiger partial charge in [-0.15, -0.1) is 0 Å². The highest BCUT2D eigenvalue weighted by Gasteiger charge is 2.26. The zero-order chi connectivity index (χ0) is 13.9. The van der Waals surface area contributed by atoms with Crippen LogP contribution in [0, 0.1) is 0 Å². The van der Waals surface area contributed by atoms with E-state index >= 15 is 0 Å². The van der Waals surface area contributed by atoms with Gasteiger partial charge in [0.05, 0.1) is 29.7 Å². The van der Waals surface area contributed by atoms with E-state index < -0.39 is 10.0 Å². The Bertz CT molecular complexity index is 541. The third kappa shape index (κ3) is 3.20. The Morgan fingerprint density at radius 1 is 1.37 bits per heavy atom. The maximum Gasteiger partial charge on any atom is 0.243 e. The van der Waals surface area contributed by atoms with Gasteiger partial charge in [-0.3, -0.25) is 0 Å². The van der Waals surface area contributed by atoms with Gasteiger partial charge >= 0.3 is 0 Å². The summed E-state index contributed by atoms with van der Waals surface area (Å²) in [4.78, 5) is 0.183. The van der Waals surface area contributed by atoms with Gasteiger partial charge in [-0.05, 0) is 25.1 Å². The molecule has 0 unspecified atom stereocenters. The molecule has 1 saturated heterocycles. The predicted molar refractivity (Wildman–Crippen MR) is 72.2 cm³/mol. The zero-order valence-electron chi connectivity index (χ0n) is 10.6. The fourth-order valence-electron chi connectivity index (χ4n) is 1.85. The molecule has 0 radical (unpaired) electrons. The molecule has 1 heterocycles. The number of halogens is 1. The van der Waals surface area contributed by atoms with Gasteiger partial charge in [0.2, 0.25) is 10.0 Å². The third-order valence-electron chi connectivity index (χ3n) is 2.81. The Hall–Kier alpha value is -0.820. The van der Waals surface area contributed by atoms with Gasteiger partial charge in [0.25, 0.3) is 0 Å². The lowest BCUT2D eigenvalue weighted by Gasteiger charge is -2.26. The molecule has 0 amide bonds. The minimum Gasteiger partial charge on any atom is -0.492 e. The lowest BCUT2D eigenvalue weighted by Crippen LogP contribution is -2.40. The summed E-state index contributed by atoms with van der Waals surface area (Å²) < 4.78 is 36.6. The molecule has 7 heteroatoms. The normalized spacial score (nSPS) is 17.4. The molecule has 1 aliphatic rings. The summed E-state index contributed by atoms with van der Waals surface area (Å²) in [7, 11) is -3.50. The molecule has 1 aliphatic heterocycles. The molecule has 0 saturated carbocycles. The topological polar surface area (TPSA) is 55.8 Å².